The van der Waals surface area contributed by atoms with Crippen molar-refractivity contribution in [2.45, 2.75) is 18.9 Å². The van der Waals surface area contributed by atoms with Gasteiger partial charge in [-0.3, -0.25) is 14.3 Å². The Morgan fingerprint density at radius 3 is 2.83 bits per heavy atom. The van der Waals surface area contributed by atoms with E-state index in [9.17, 15) is 9.59 Å². The van der Waals surface area contributed by atoms with E-state index in [-0.39, 0.29) is 29.0 Å². The minimum atomic E-state index is -0.721. The van der Waals surface area contributed by atoms with Crippen molar-refractivity contribution in [3.05, 3.63) is 42.2 Å². The Bertz CT molecular complexity index is 1050. The molecule has 0 unspecified atom stereocenters. The molecule has 2 amide bonds. The number of aromatic nitrogens is 4. The number of hydrogen-bond acceptors (Lipinski definition) is 8. The lowest BCUT2D eigenvalue weighted by atomic mass is 10.1. The normalized spacial score (nSPS) is 14.6. The molecular weight excluding hydrogens is 376 g/mol. The first kappa shape index (κ1) is 18.6. The summed E-state index contributed by atoms with van der Waals surface area (Å²) < 4.78 is 7.05. The SMILES string of the molecule is NC(=O)c1nn(C2CCNCC2)cc1NC(=O)c1coc(-c2ccnc(N)c2)n1. The summed E-state index contributed by atoms with van der Waals surface area (Å²) in [6, 6.07) is 3.38. The summed E-state index contributed by atoms with van der Waals surface area (Å²) in [6.45, 7) is 1.72. The Kier molecular flexibility index (Phi) is 4.96. The molecule has 29 heavy (non-hydrogen) atoms. The van der Waals surface area contributed by atoms with Gasteiger partial charge < -0.3 is 26.5 Å². The lowest BCUT2D eigenvalue weighted by Gasteiger charge is -2.22. The number of rotatable bonds is 5. The van der Waals surface area contributed by atoms with E-state index in [1.165, 1.54) is 12.5 Å². The van der Waals surface area contributed by atoms with Gasteiger partial charge >= 0.3 is 0 Å². The first-order valence-corrected chi connectivity index (χ1v) is 9.09. The van der Waals surface area contributed by atoms with Crippen LogP contribution in [0.3, 0.4) is 0 Å². The number of oxazole rings is 1. The Balaban J connectivity index is 1.55. The predicted octanol–water partition coefficient (Wildman–Crippen LogP) is 0.791. The maximum atomic E-state index is 12.6. The molecule has 1 fully saturated rings. The lowest BCUT2D eigenvalue weighted by molar-refractivity contribution is 0.0995. The zero-order valence-corrected chi connectivity index (χ0v) is 15.5. The van der Waals surface area contributed by atoms with Crippen LogP contribution in [0.25, 0.3) is 11.5 Å². The molecule has 4 heterocycles. The molecule has 11 nitrogen and oxygen atoms in total. The second-order valence-electron chi connectivity index (χ2n) is 6.68. The Morgan fingerprint density at radius 1 is 1.31 bits per heavy atom. The van der Waals surface area contributed by atoms with Crippen LogP contribution in [-0.4, -0.2) is 44.7 Å². The summed E-state index contributed by atoms with van der Waals surface area (Å²) in [5.74, 6) is -0.733. The van der Waals surface area contributed by atoms with Crippen LogP contribution in [0.15, 0.2) is 35.2 Å². The number of piperidine rings is 1. The molecule has 4 rings (SSSR count). The van der Waals surface area contributed by atoms with Crippen molar-refractivity contribution in [1.82, 2.24) is 25.1 Å². The summed E-state index contributed by atoms with van der Waals surface area (Å²) in [7, 11) is 0. The summed E-state index contributed by atoms with van der Waals surface area (Å²) in [4.78, 5) is 32.5. The Labute approximate surface area is 165 Å². The molecule has 11 heteroatoms. The van der Waals surface area contributed by atoms with Gasteiger partial charge in [0.15, 0.2) is 11.4 Å². The van der Waals surface area contributed by atoms with Crippen molar-refractivity contribution in [3.8, 4) is 11.5 Å². The van der Waals surface area contributed by atoms with Gasteiger partial charge in [-0.05, 0) is 38.1 Å². The zero-order chi connectivity index (χ0) is 20.4. The quantitative estimate of drug-likeness (QED) is 0.491. The molecule has 0 aromatic carbocycles. The maximum Gasteiger partial charge on any atom is 0.277 e. The molecule has 0 bridgehead atoms. The van der Waals surface area contributed by atoms with Crippen molar-refractivity contribution in [3.63, 3.8) is 0 Å². The third-order valence-electron chi connectivity index (χ3n) is 4.66. The van der Waals surface area contributed by atoms with E-state index in [1.54, 1.807) is 23.0 Å². The molecule has 0 radical (unpaired) electrons. The van der Waals surface area contributed by atoms with E-state index >= 15 is 0 Å². The minimum Gasteiger partial charge on any atom is -0.444 e. The molecule has 1 aliphatic heterocycles. The monoisotopic (exact) mass is 396 g/mol. The zero-order valence-electron chi connectivity index (χ0n) is 15.5. The second kappa shape index (κ2) is 7.72. The molecule has 0 spiro atoms. The van der Waals surface area contributed by atoms with Crippen molar-refractivity contribution in [2.75, 3.05) is 24.1 Å². The number of amides is 2. The topological polar surface area (TPSA) is 167 Å². The molecule has 0 saturated carbocycles. The Hall–Kier alpha value is -3.73. The number of carbonyl (C=O) groups is 2. The first-order chi connectivity index (χ1) is 14.0. The van der Waals surface area contributed by atoms with Crippen LogP contribution in [-0.2, 0) is 0 Å². The number of primary amides is 1. The van der Waals surface area contributed by atoms with Gasteiger partial charge in [0.25, 0.3) is 11.8 Å². The number of nitrogens with two attached hydrogens (primary N) is 2. The van der Waals surface area contributed by atoms with Crippen molar-refractivity contribution in [1.29, 1.82) is 0 Å². The smallest absolute Gasteiger partial charge is 0.277 e. The molecule has 1 aliphatic rings. The van der Waals surface area contributed by atoms with Crippen LogP contribution < -0.4 is 22.1 Å². The average molecular weight is 396 g/mol. The maximum absolute atomic E-state index is 12.6. The number of pyridine rings is 1. The van der Waals surface area contributed by atoms with Gasteiger partial charge in [0.2, 0.25) is 5.89 Å². The van der Waals surface area contributed by atoms with E-state index in [1.807, 2.05) is 0 Å². The van der Waals surface area contributed by atoms with Gasteiger partial charge in [0, 0.05) is 18.0 Å². The number of hydrogen-bond donors (Lipinski definition) is 4. The molecule has 6 N–H and O–H groups in total. The number of nitrogens with zero attached hydrogens (tertiary/aromatic N) is 4. The van der Waals surface area contributed by atoms with Crippen molar-refractivity contribution >= 4 is 23.3 Å². The van der Waals surface area contributed by atoms with Gasteiger partial charge in [-0.15, -0.1) is 0 Å². The van der Waals surface area contributed by atoms with Crippen molar-refractivity contribution in [2.24, 2.45) is 5.73 Å². The van der Waals surface area contributed by atoms with E-state index < -0.39 is 11.8 Å². The minimum absolute atomic E-state index is 0.00232. The molecule has 0 atom stereocenters. The lowest BCUT2D eigenvalue weighted by Crippen LogP contribution is -2.29. The standard InChI is InChI=1S/C18H20N8O3/c19-14-7-10(1-6-22-14)18-24-13(9-29-18)17(28)23-12-8-26(25-15(12)16(20)27)11-2-4-21-5-3-11/h1,6-9,11,21H,2-5H2,(H2,19,22)(H2,20,27)(H,23,28). The fraction of sp³-hybridized carbons (Fsp3) is 0.278. The number of nitrogen functional groups attached to an aromatic ring is 1. The van der Waals surface area contributed by atoms with Crippen LogP contribution in [0.2, 0.25) is 0 Å². The Morgan fingerprint density at radius 2 is 2.10 bits per heavy atom. The summed E-state index contributed by atoms with van der Waals surface area (Å²) in [6.07, 6.45) is 6.11. The molecule has 3 aromatic heterocycles. The largest absolute Gasteiger partial charge is 0.444 e. The fourth-order valence-electron chi connectivity index (χ4n) is 3.20. The third-order valence-corrected chi connectivity index (χ3v) is 4.66. The number of nitrogens with one attached hydrogen (secondary N) is 2. The molecular formula is C18H20N8O3. The first-order valence-electron chi connectivity index (χ1n) is 9.09. The highest BCUT2D eigenvalue weighted by molar-refractivity contribution is 6.07. The highest BCUT2D eigenvalue weighted by Gasteiger charge is 2.23. The van der Waals surface area contributed by atoms with E-state index in [2.05, 4.69) is 25.7 Å². The van der Waals surface area contributed by atoms with E-state index in [0.29, 0.717) is 11.4 Å². The summed E-state index contributed by atoms with van der Waals surface area (Å²) >= 11 is 0. The van der Waals surface area contributed by atoms with Crippen LogP contribution in [0, 0.1) is 0 Å². The number of anilines is 2. The fourth-order valence-corrected chi connectivity index (χ4v) is 3.20. The highest BCUT2D eigenvalue weighted by atomic mass is 16.3. The van der Waals surface area contributed by atoms with Crippen molar-refractivity contribution < 1.29 is 14.0 Å². The molecule has 150 valence electrons. The second-order valence-corrected chi connectivity index (χ2v) is 6.68. The number of carbonyl (C=O) groups excluding carboxylic acids is 2. The highest BCUT2D eigenvalue weighted by Crippen LogP contribution is 2.24. The van der Waals surface area contributed by atoms with E-state index in [4.69, 9.17) is 15.9 Å². The summed E-state index contributed by atoms with van der Waals surface area (Å²) in [5, 5.41) is 10.2. The molecule has 1 saturated heterocycles. The average Bonchev–Trinajstić information content (AvgIpc) is 3.36. The van der Waals surface area contributed by atoms with Gasteiger partial charge in [-0.25, -0.2) is 9.97 Å². The van der Waals surface area contributed by atoms with Gasteiger partial charge in [0.1, 0.15) is 12.1 Å². The third kappa shape index (κ3) is 3.94. The molecule has 0 aliphatic carbocycles. The van der Waals surface area contributed by atoms with Crippen LogP contribution in [0.5, 0.6) is 0 Å². The van der Waals surface area contributed by atoms with Crippen LogP contribution in [0.4, 0.5) is 11.5 Å². The predicted molar refractivity (Wildman–Crippen MR) is 104 cm³/mol. The molecule has 3 aromatic rings. The van der Waals surface area contributed by atoms with Crippen LogP contribution in [0.1, 0.15) is 39.9 Å². The van der Waals surface area contributed by atoms with Gasteiger partial charge in [-0.1, -0.05) is 0 Å². The van der Waals surface area contributed by atoms with Gasteiger partial charge in [0.05, 0.1) is 11.7 Å². The van der Waals surface area contributed by atoms with Crippen LogP contribution >= 0.6 is 0 Å². The van der Waals surface area contributed by atoms with E-state index in [0.717, 1.165) is 25.9 Å². The summed E-state index contributed by atoms with van der Waals surface area (Å²) in [5.41, 5.74) is 12.0. The van der Waals surface area contributed by atoms with Gasteiger partial charge in [-0.2, -0.15) is 5.10 Å².